The lowest BCUT2D eigenvalue weighted by Gasteiger charge is -2.36. The van der Waals surface area contributed by atoms with Crippen LogP contribution in [0.15, 0.2) is 12.2 Å². The van der Waals surface area contributed by atoms with Crippen LogP contribution in [0.4, 0.5) is 0 Å². The van der Waals surface area contributed by atoms with Crippen molar-refractivity contribution in [1.29, 1.82) is 0 Å². The average Bonchev–Trinajstić information content (AvgIpc) is 2.06. The normalized spacial score (nSPS) is 44.3. The molecule has 0 aromatic rings. The predicted molar refractivity (Wildman–Crippen MR) is 40.5 cm³/mol. The molecule has 1 saturated carbocycles. The van der Waals surface area contributed by atoms with E-state index in [-0.39, 0.29) is 0 Å². The molecule has 0 aromatic carbocycles. The Morgan fingerprint density at radius 2 is 2.20 bits per heavy atom. The minimum atomic E-state index is 0.394. The van der Waals surface area contributed by atoms with Crippen LogP contribution in [0.2, 0.25) is 0 Å². The van der Waals surface area contributed by atoms with Crippen LogP contribution >= 0.6 is 0 Å². The molecule has 2 bridgehead atoms. The molecule has 0 heterocycles. The molecule has 3 aliphatic carbocycles. The predicted octanol–water partition coefficient (Wildman–Crippen LogP) is 1.58. The first-order valence-electron chi connectivity index (χ1n) is 4.19. The van der Waals surface area contributed by atoms with Crippen molar-refractivity contribution in [3.63, 3.8) is 0 Å². The Hall–Kier alpha value is -0.300. The molecule has 1 N–H and O–H groups in total. The first-order valence-corrected chi connectivity index (χ1v) is 4.19. The van der Waals surface area contributed by atoms with Crippen molar-refractivity contribution >= 4 is 0 Å². The van der Waals surface area contributed by atoms with Gasteiger partial charge in [-0.05, 0) is 37.0 Å². The highest BCUT2D eigenvalue weighted by Crippen LogP contribution is 2.39. The lowest BCUT2D eigenvalue weighted by atomic mass is 9.69. The van der Waals surface area contributed by atoms with E-state index in [9.17, 15) is 0 Å². The third-order valence-corrected chi connectivity index (χ3v) is 2.95. The van der Waals surface area contributed by atoms with E-state index in [1.165, 1.54) is 19.3 Å². The highest BCUT2D eigenvalue weighted by atomic mass is 16.3. The SMILES string of the molecule is OCC1CC2C=CC1CC2. The van der Waals surface area contributed by atoms with Gasteiger partial charge in [0.2, 0.25) is 0 Å². The molecule has 0 aliphatic heterocycles. The van der Waals surface area contributed by atoms with Gasteiger partial charge < -0.3 is 5.11 Å². The minimum absolute atomic E-state index is 0.394. The van der Waals surface area contributed by atoms with E-state index in [1.54, 1.807) is 0 Å². The van der Waals surface area contributed by atoms with Crippen LogP contribution < -0.4 is 0 Å². The maximum absolute atomic E-state index is 8.98. The molecule has 3 unspecified atom stereocenters. The third-order valence-electron chi connectivity index (χ3n) is 2.95. The number of fused-ring (bicyclic) bond motifs is 2. The van der Waals surface area contributed by atoms with Crippen molar-refractivity contribution in [1.82, 2.24) is 0 Å². The molecule has 3 atom stereocenters. The van der Waals surface area contributed by atoms with Crippen LogP contribution in [0, 0.1) is 17.8 Å². The maximum atomic E-state index is 8.98. The molecule has 0 radical (unpaired) electrons. The van der Waals surface area contributed by atoms with Crippen molar-refractivity contribution in [2.24, 2.45) is 17.8 Å². The maximum Gasteiger partial charge on any atom is 0.0465 e. The average molecular weight is 138 g/mol. The van der Waals surface area contributed by atoms with Crippen LogP contribution in [0.25, 0.3) is 0 Å². The Kier molecular flexibility index (Phi) is 1.53. The first kappa shape index (κ1) is 6.41. The molecular formula is C9H14O. The van der Waals surface area contributed by atoms with Gasteiger partial charge in [0.1, 0.15) is 0 Å². The number of hydrogen-bond donors (Lipinski definition) is 1. The van der Waals surface area contributed by atoms with E-state index in [4.69, 9.17) is 5.11 Å². The standard InChI is InChI=1S/C9H14O/c10-6-9-5-7-1-3-8(9)4-2-7/h1,3,7-10H,2,4-6H2. The highest BCUT2D eigenvalue weighted by Gasteiger charge is 2.30. The second kappa shape index (κ2) is 2.39. The van der Waals surface area contributed by atoms with Gasteiger partial charge in [0, 0.05) is 6.61 Å². The second-order valence-corrected chi connectivity index (χ2v) is 3.56. The Balaban J connectivity index is 2.11. The summed E-state index contributed by atoms with van der Waals surface area (Å²) in [6.45, 7) is 0.394. The first-order chi connectivity index (χ1) is 4.90. The van der Waals surface area contributed by atoms with Gasteiger partial charge in [0.05, 0.1) is 0 Å². The zero-order chi connectivity index (χ0) is 6.97. The fourth-order valence-electron chi connectivity index (χ4n) is 2.26. The Morgan fingerprint density at radius 3 is 2.50 bits per heavy atom. The summed E-state index contributed by atoms with van der Waals surface area (Å²) in [5, 5.41) is 8.98. The molecule has 3 aliphatic rings. The quantitative estimate of drug-likeness (QED) is 0.545. The summed E-state index contributed by atoms with van der Waals surface area (Å²) in [4.78, 5) is 0. The van der Waals surface area contributed by atoms with Crippen molar-refractivity contribution in [2.45, 2.75) is 19.3 Å². The number of hydrogen-bond acceptors (Lipinski definition) is 1. The number of aliphatic hydroxyl groups excluding tert-OH is 1. The summed E-state index contributed by atoms with van der Waals surface area (Å²) in [5.41, 5.74) is 0. The molecule has 1 nitrogen and oxygen atoms in total. The van der Waals surface area contributed by atoms with Crippen LogP contribution in [0.1, 0.15) is 19.3 Å². The van der Waals surface area contributed by atoms with E-state index >= 15 is 0 Å². The summed E-state index contributed by atoms with van der Waals surface area (Å²) in [5.74, 6) is 2.08. The van der Waals surface area contributed by atoms with E-state index in [0.29, 0.717) is 18.4 Å². The summed E-state index contributed by atoms with van der Waals surface area (Å²) >= 11 is 0. The lowest BCUT2D eigenvalue weighted by molar-refractivity contribution is 0.129. The number of rotatable bonds is 1. The van der Waals surface area contributed by atoms with Gasteiger partial charge >= 0.3 is 0 Å². The molecule has 1 heteroatoms. The minimum Gasteiger partial charge on any atom is -0.396 e. The molecule has 10 heavy (non-hydrogen) atoms. The molecule has 0 saturated heterocycles. The van der Waals surface area contributed by atoms with Crippen molar-refractivity contribution < 1.29 is 5.11 Å². The van der Waals surface area contributed by atoms with Crippen LogP contribution in [-0.4, -0.2) is 11.7 Å². The van der Waals surface area contributed by atoms with Gasteiger partial charge in [0.25, 0.3) is 0 Å². The van der Waals surface area contributed by atoms with Crippen molar-refractivity contribution in [2.75, 3.05) is 6.61 Å². The molecule has 0 spiro atoms. The summed E-state index contributed by atoms with van der Waals surface area (Å²) in [7, 11) is 0. The van der Waals surface area contributed by atoms with E-state index < -0.39 is 0 Å². The molecular weight excluding hydrogens is 124 g/mol. The second-order valence-electron chi connectivity index (χ2n) is 3.56. The number of allylic oxidation sites excluding steroid dienone is 2. The fraction of sp³-hybridized carbons (Fsp3) is 0.778. The van der Waals surface area contributed by atoms with Crippen LogP contribution in [-0.2, 0) is 0 Å². The third kappa shape index (κ3) is 0.891. The molecule has 1 fully saturated rings. The zero-order valence-electron chi connectivity index (χ0n) is 6.16. The van der Waals surface area contributed by atoms with Gasteiger partial charge in [0.15, 0.2) is 0 Å². The summed E-state index contributed by atoms with van der Waals surface area (Å²) < 4.78 is 0. The van der Waals surface area contributed by atoms with E-state index in [2.05, 4.69) is 12.2 Å². The molecule has 0 amide bonds. The highest BCUT2D eigenvalue weighted by molar-refractivity contribution is 5.05. The monoisotopic (exact) mass is 138 g/mol. The Labute approximate surface area is 61.8 Å². The van der Waals surface area contributed by atoms with E-state index in [1.807, 2.05) is 0 Å². The largest absolute Gasteiger partial charge is 0.396 e. The van der Waals surface area contributed by atoms with Gasteiger partial charge in [-0.2, -0.15) is 0 Å². The lowest BCUT2D eigenvalue weighted by Crippen LogP contribution is -2.29. The fourth-order valence-corrected chi connectivity index (χ4v) is 2.26. The van der Waals surface area contributed by atoms with Crippen molar-refractivity contribution in [3.8, 4) is 0 Å². The summed E-state index contributed by atoms with van der Waals surface area (Å²) in [6.07, 6.45) is 8.54. The Bertz CT molecular complexity index is 151. The Morgan fingerprint density at radius 1 is 1.30 bits per heavy atom. The van der Waals surface area contributed by atoms with Gasteiger partial charge in [-0.15, -0.1) is 0 Å². The van der Waals surface area contributed by atoms with Crippen molar-refractivity contribution in [3.05, 3.63) is 12.2 Å². The zero-order valence-corrected chi connectivity index (χ0v) is 6.16. The van der Waals surface area contributed by atoms with Gasteiger partial charge in [-0.1, -0.05) is 12.2 Å². The van der Waals surface area contributed by atoms with E-state index in [0.717, 1.165) is 5.92 Å². The topological polar surface area (TPSA) is 20.2 Å². The molecule has 56 valence electrons. The summed E-state index contributed by atoms with van der Waals surface area (Å²) in [6, 6.07) is 0. The molecule has 0 aromatic heterocycles. The number of aliphatic hydroxyl groups is 1. The molecule has 3 rings (SSSR count). The van der Waals surface area contributed by atoms with Crippen LogP contribution in [0.3, 0.4) is 0 Å². The van der Waals surface area contributed by atoms with Gasteiger partial charge in [-0.3, -0.25) is 0 Å². The smallest absolute Gasteiger partial charge is 0.0465 e. The van der Waals surface area contributed by atoms with Crippen LogP contribution in [0.5, 0.6) is 0 Å². The van der Waals surface area contributed by atoms with Gasteiger partial charge in [-0.25, -0.2) is 0 Å².